The molecule has 180 valence electrons. The maximum Gasteiger partial charge on any atom is 0.338 e. The van der Waals surface area contributed by atoms with E-state index in [1.165, 1.54) is 0 Å². The molecule has 0 aliphatic carbocycles. The van der Waals surface area contributed by atoms with Crippen LogP contribution < -0.4 is 5.56 Å². The zero-order valence-corrected chi connectivity index (χ0v) is 20.2. The molecule has 8 nitrogen and oxygen atoms in total. The van der Waals surface area contributed by atoms with E-state index in [1.807, 2.05) is 26.8 Å². The largest absolute Gasteiger partial charge is 0.454 e. The van der Waals surface area contributed by atoms with Crippen molar-refractivity contribution in [1.29, 1.82) is 0 Å². The summed E-state index contributed by atoms with van der Waals surface area (Å²) in [6, 6.07) is 6.65. The summed E-state index contributed by atoms with van der Waals surface area (Å²) < 4.78 is 14.4. The lowest BCUT2D eigenvalue weighted by atomic mass is 10.1. The Balaban J connectivity index is 1.51. The van der Waals surface area contributed by atoms with E-state index in [4.69, 9.17) is 9.47 Å². The molecule has 0 radical (unpaired) electrons. The van der Waals surface area contributed by atoms with Crippen molar-refractivity contribution in [1.82, 2.24) is 14.1 Å². The molecule has 1 aromatic carbocycles. The van der Waals surface area contributed by atoms with E-state index >= 15 is 0 Å². The third kappa shape index (κ3) is 4.55. The molecule has 2 aromatic heterocycles. The van der Waals surface area contributed by atoms with E-state index in [2.05, 4.69) is 9.55 Å². The minimum atomic E-state index is -0.617. The quantitative estimate of drug-likeness (QED) is 0.389. The van der Waals surface area contributed by atoms with Crippen LogP contribution in [-0.4, -0.2) is 46.2 Å². The van der Waals surface area contributed by atoms with Gasteiger partial charge in [0.25, 0.3) is 5.56 Å². The number of benzene rings is 1. The topological polar surface area (TPSA) is 92.4 Å². The first-order chi connectivity index (χ1) is 16.3. The smallest absolute Gasteiger partial charge is 0.338 e. The SMILES string of the molecule is COCC(C)n1c(C)cc(C(=O)COC(=O)c2ccc3c(=O)n4c(nc3c2)CCCCC4)c1C. The van der Waals surface area contributed by atoms with E-state index in [-0.39, 0.29) is 29.6 Å². The number of ether oxygens (including phenoxy) is 2. The van der Waals surface area contributed by atoms with Crippen LogP contribution in [0, 0.1) is 13.8 Å². The van der Waals surface area contributed by atoms with E-state index in [0.717, 1.165) is 42.9 Å². The highest BCUT2D eigenvalue weighted by atomic mass is 16.5. The minimum absolute atomic E-state index is 0.0740. The highest BCUT2D eigenvalue weighted by molar-refractivity contribution is 6.01. The van der Waals surface area contributed by atoms with Crippen molar-refractivity contribution in [3.8, 4) is 0 Å². The van der Waals surface area contributed by atoms with Crippen LogP contribution in [-0.2, 0) is 22.4 Å². The molecule has 0 amide bonds. The Bertz CT molecular complexity index is 1300. The number of hydrogen-bond acceptors (Lipinski definition) is 6. The molecule has 34 heavy (non-hydrogen) atoms. The number of carbonyl (C=O) groups excluding carboxylic acids is 2. The molecule has 0 saturated carbocycles. The van der Waals surface area contributed by atoms with Crippen LogP contribution >= 0.6 is 0 Å². The molecular weight excluding hydrogens is 434 g/mol. The van der Waals surface area contributed by atoms with Crippen molar-refractivity contribution in [3.63, 3.8) is 0 Å². The maximum atomic E-state index is 12.9. The summed E-state index contributed by atoms with van der Waals surface area (Å²) in [7, 11) is 1.64. The number of nitrogens with zero attached hydrogens (tertiary/aromatic N) is 3. The molecule has 0 saturated heterocycles. The standard InChI is InChI=1S/C26H31N3O5/c1-16-12-21(18(3)29(16)17(2)14-33-4)23(30)15-34-26(32)19-9-10-20-22(13-19)27-24-8-6-5-7-11-28(24)25(20)31/h9-10,12-13,17H,5-8,11,14-15H2,1-4H3. The molecule has 3 aromatic rings. The Hall–Kier alpha value is -3.26. The van der Waals surface area contributed by atoms with Gasteiger partial charge in [0, 0.05) is 37.0 Å². The fraction of sp³-hybridized carbons (Fsp3) is 0.462. The Kier molecular flexibility index (Phi) is 6.97. The zero-order chi connectivity index (χ0) is 24.4. The van der Waals surface area contributed by atoms with Gasteiger partial charge in [-0.25, -0.2) is 9.78 Å². The molecule has 8 heteroatoms. The monoisotopic (exact) mass is 465 g/mol. The lowest BCUT2D eigenvalue weighted by Crippen LogP contribution is -2.24. The molecule has 1 unspecified atom stereocenters. The summed E-state index contributed by atoms with van der Waals surface area (Å²) in [4.78, 5) is 43.0. The van der Waals surface area contributed by atoms with Crippen LogP contribution in [0.25, 0.3) is 10.9 Å². The van der Waals surface area contributed by atoms with Gasteiger partial charge in [0.15, 0.2) is 6.61 Å². The second kappa shape index (κ2) is 9.93. The number of aromatic nitrogens is 3. The molecule has 3 heterocycles. The minimum Gasteiger partial charge on any atom is -0.454 e. The molecule has 0 spiro atoms. The second-order valence-electron chi connectivity index (χ2n) is 8.99. The van der Waals surface area contributed by atoms with Gasteiger partial charge in [-0.05, 0) is 57.9 Å². The average Bonchev–Trinajstić information content (AvgIpc) is 2.97. The molecule has 1 atom stereocenters. The van der Waals surface area contributed by atoms with Gasteiger partial charge in [-0.15, -0.1) is 0 Å². The van der Waals surface area contributed by atoms with Gasteiger partial charge in [0.2, 0.25) is 5.78 Å². The number of hydrogen-bond donors (Lipinski definition) is 0. The van der Waals surface area contributed by atoms with Crippen LogP contribution in [0.4, 0.5) is 0 Å². The Labute approximate surface area is 198 Å². The van der Waals surface area contributed by atoms with Crippen molar-refractivity contribution in [3.05, 3.63) is 63.0 Å². The number of rotatable bonds is 7. The van der Waals surface area contributed by atoms with Gasteiger partial charge in [-0.1, -0.05) is 6.42 Å². The number of carbonyl (C=O) groups is 2. The van der Waals surface area contributed by atoms with E-state index < -0.39 is 5.97 Å². The predicted octanol–water partition coefficient (Wildman–Crippen LogP) is 3.79. The van der Waals surface area contributed by atoms with Crippen LogP contribution in [0.3, 0.4) is 0 Å². The molecule has 0 N–H and O–H groups in total. The molecule has 1 aliphatic rings. The van der Waals surface area contributed by atoms with Crippen molar-refractivity contribution >= 4 is 22.7 Å². The lowest BCUT2D eigenvalue weighted by molar-refractivity contribution is 0.0474. The van der Waals surface area contributed by atoms with E-state index in [1.54, 1.807) is 29.9 Å². The van der Waals surface area contributed by atoms with Gasteiger partial charge in [-0.3, -0.25) is 14.2 Å². The predicted molar refractivity (Wildman–Crippen MR) is 129 cm³/mol. The Morgan fingerprint density at radius 1 is 1.15 bits per heavy atom. The molecule has 0 fully saturated rings. The summed E-state index contributed by atoms with van der Waals surface area (Å²) in [6.45, 7) is 6.68. The summed E-state index contributed by atoms with van der Waals surface area (Å²) >= 11 is 0. The van der Waals surface area contributed by atoms with Gasteiger partial charge in [0.1, 0.15) is 5.82 Å². The summed E-state index contributed by atoms with van der Waals surface area (Å²) in [5, 5.41) is 0.482. The summed E-state index contributed by atoms with van der Waals surface area (Å²) in [5.74, 6) is -0.123. The molecular formula is C26H31N3O5. The van der Waals surface area contributed by atoms with Crippen LogP contribution in [0.2, 0.25) is 0 Å². The number of ketones is 1. The highest BCUT2D eigenvalue weighted by Crippen LogP contribution is 2.22. The first-order valence-electron chi connectivity index (χ1n) is 11.7. The van der Waals surface area contributed by atoms with Crippen molar-refractivity contribution in [2.75, 3.05) is 20.3 Å². The second-order valence-corrected chi connectivity index (χ2v) is 8.99. The number of Topliss-reactive ketones (excluding diaryl/α,β-unsaturated/α-hetero) is 1. The number of methoxy groups -OCH3 is 1. The fourth-order valence-corrected chi connectivity index (χ4v) is 4.89. The van der Waals surface area contributed by atoms with Crippen LogP contribution in [0.1, 0.15) is 70.2 Å². The summed E-state index contributed by atoms with van der Waals surface area (Å²) in [6.07, 6.45) is 3.77. The fourth-order valence-electron chi connectivity index (χ4n) is 4.89. The Morgan fingerprint density at radius 3 is 2.71 bits per heavy atom. The third-order valence-corrected chi connectivity index (χ3v) is 6.52. The van der Waals surface area contributed by atoms with Crippen LogP contribution in [0.15, 0.2) is 29.1 Å². The zero-order valence-electron chi connectivity index (χ0n) is 20.2. The molecule has 0 bridgehead atoms. The first-order valence-corrected chi connectivity index (χ1v) is 11.7. The number of fused-ring (bicyclic) bond motifs is 2. The van der Waals surface area contributed by atoms with Gasteiger partial charge in [0.05, 0.1) is 29.1 Å². The average molecular weight is 466 g/mol. The van der Waals surface area contributed by atoms with Gasteiger partial charge in [-0.2, -0.15) is 0 Å². The molecule has 4 rings (SSSR count). The highest BCUT2D eigenvalue weighted by Gasteiger charge is 2.21. The van der Waals surface area contributed by atoms with E-state index in [9.17, 15) is 14.4 Å². The van der Waals surface area contributed by atoms with Crippen molar-refractivity contribution in [2.24, 2.45) is 0 Å². The number of aryl methyl sites for hydroxylation is 2. The van der Waals surface area contributed by atoms with Crippen LogP contribution in [0.5, 0.6) is 0 Å². The lowest BCUT2D eigenvalue weighted by Gasteiger charge is -2.17. The number of esters is 1. The maximum absolute atomic E-state index is 12.9. The summed E-state index contributed by atoms with van der Waals surface area (Å²) in [5.41, 5.74) is 2.97. The first kappa shape index (κ1) is 23.9. The van der Waals surface area contributed by atoms with Crippen molar-refractivity contribution in [2.45, 2.75) is 59.0 Å². The van der Waals surface area contributed by atoms with Gasteiger partial charge >= 0.3 is 5.97 Å². The van der Waals surface area contributed by atoms with Gasteiger partial charge < -0.3 is 14.0 Å². The van der Waals surface area contributed by atoms with Crippen molar-refractivity contribution < 1.29 is 19.1 Å². The van der Waals surface area contributed by atoms with E-state index in [0.29, 0.717) is 29.6 Å². The normalized spacial score (nSPS) is 14.5. The Morgan fingerprint density at radius 2 is 1.94 bits per heavy atom. The molecule has 1 aliphatic heterocycles. The third-order valence-electron chi connectivity index (χ3n) is 6.52.